The number of nitrogens with one attached hydrogen (secondary N) is 2. The summed E-state index contributed by atoms with van der Waals surface area (Å²) in [6.45, 7) is -0.321. The Morgan fingerprint density at radius 1 is 0.956 bits per heavy atom. The molecule has 0 bridgehead atoms. The van der Waals surface area contributed by atoms with Gasteiger partial charge in [0.15, 0.2) is 6.61 Å². The lowest BCUT2D eigenvalue weighted by atomic mass is 9.82. The molecular weight excluding hydrogens is 634 g/mol. The average Bonchev–Trinajstić information content (AvgIpc) is 3.54. The van der Waals surface area contributed by atoms with Crippen molar-refractivity contribution in [3.8, 4) is 11.5 Å². The van der Waals surface area contributed by atoms with Gasteiger partial charge in [0, 0.05) is 27.1 Å². The zero-order valence-electron chi connectivity index (χ0n) is 23.6. The molecule has 45 heavy (non-hydrogen) atoms. The third kappa shape index (κ3) is 5.37. The number of halogens is 1. The fourth-order valence-electron chi connectivity index (χ4n) is 5.84. The molecule has 0 saturated carbocycles. The number of H-pyrrole nitrogens is 1. The number of methoxy groups -OCH3 is 1. The summed E-state index contributed by atoms with van der Waals surface area (Å²) in [6, 6.07) is 25.1. The van der Waals surface area contributed by atoms with Crippen molar-refractivity contribution >= 4 is 74.6 Å². The first-order valence-corrected chi connectivity index (χ1v) is 16.0. The Bertz CT molecular complexity index is 2040. The van der Waals surface area contributed by atoms with Crippen LogP contribution in [0.3, 0.4) is 0 Å². The molecule has 3 amide bonds. The van der Waals surface area contributed by atoms with E-state index in [9.17, 15) is 19.2 Å². The van der Waals surface area contributed by atoms with Crippen molar-refractivity contribution in [1.82, 2.24) is 4.98 Å². The second kappa shape index (κ2) is 11.7. The smallest absolute Gasteiger partial charge is 0.305 e. The largest absolute Gasteiger partial charge is 0.497 e. The third-order valence-corrected chi connectivity index (χ3v) is 10.5. The molecule has 1 saturated heterocycles. The van der Waals surface area contributed by atoms with Gasteiger partial charge in [0.1, 0.15) is 16.7 Å². The molecule has 2 aliphatic heterocycles. The van der Waals surface area contributed by atoms with Gasteiger partial charge < -0.3 is 19.8 Å². The number of thiazole rings is 1. The Hall–Kier alpha value is -4.58. The first-order valence-electron chi connectivity index (χ1n) is 13.9. The van der Waals surface area contributed by atoms with E-state index in [2.05, 4.69) is 10.3 Å². The lowest BCUT2D eigenvalue weighted by Crippen LogP contribution is -2.32. The van der Waals surface area contributed by atoms with E-state index in [0.29, 0.717) is 43.4 Å². The predicted molar refractivity (Wildman–Crippen MR) is 175 cm³/mol. The highest BCUT2D eigenvalue weighted by atomic mass is 35.5. The first kappa shape index (κ1) is 29.1. The fourth-order valence-corrected chi connectivity index (χ4v) is 8.53. The monoisotopic (exact) mass is 657 g/mol. The SMILES string of the molecule is COc1ccc(N2C(=O)C3Sc4[nH]c(=O)sc4[C@H](c4cc(Cl)ccc4OCC(=O)Nc4ccc5ccccc5c4)C3C2=O)cc1. The fraction of sp³-hybridized carbons (Fsp3) is 0.152. The Morgan fingerprint density at radius 2 is 1.73 bits per heavy atom. The lowest BCUT2D eigenvalue weighted by molar-refractivity contribution is -0.122. The predicted octanol–water partition coefficient (Wildman–Crippen LogP) is 6.06. The molecule has 7 rings (SSSR count). The van der Waals surface area contributed by atoms with Gasteiger partial charge in [0.05, 0.1) is 23.7 Å². The van der Waals surface area contributed by atoms with E-state index in [1.807, 2.05) is 42.5 Å². The van der Waals surface area contributed by atoms with Crippen molar-refractivity contribution in [2.24, 2.45) is 5.92 Å². The molecule has 12 heteroatoms. The number of hydrogen-bond donors (Lipinski definition) is 2. The van der Waals surface area contributed by atoms with Crippen LogP contribution in [-0.4, -0.2) is 41.7 Å². The van der Waals surface area contributed by atoms with Gasteiger partial charge in [-0.25, -0.2) is 4.90 Å². The van der Waals surface area contributed by atoms with Crippen LogP contribution in [0.1, 0.15) is 16.4 Å². The second-order valence-electron chi connectivity index (χ2n) is 10.5. The molecule has 1 fully saturated rings. The van der Waals surface area contributed by atoms with Crippen LogP contribution in [0.5, 0.6) is 11.5 Å². The third-order valence-electron chi connectivity index (χ3n) is 7.85. The van der Waals surface area contributed by atoms with E-state index in [-0.39, 0.29) is 23.3 Å². The van der Waals surface area contributed by atoms with Crippen molar-refractivity contribution in [2.45, 2.75) is 16.2 Å². The van der Waals surface area contributed by atoms with Gasteiger partial charge in [-0.3, -0.25) is 19.2 Å². The number of fused-ring (bicyclic) bond motifs is 3. The molecule has 5 aromatic rings. The van der Waals surface area contributed by atoms with E-state index in [4.69, 9.17) is 21.1 Å². The van der Waals surface area contributed by atoms with Crippen molar-refractivity contribution < 1.29 is 23.9 Å². The number of anilines is 2. The number of amides is 3. The number of nitrogens with zero attached hydrogens (tertiary/aromatic N) is 1. The van der Waals surface area contributed by atoms with E-state index < -0.39 is 23.0 Å². The van der Waals surface area contributed by atoms with Gasteiger partial charge in [-0.2, -0.15) is 0 Å². The van der Waals surface area contributed by atoms with Gasteiger partial charge in [0.25, 0.3) is 5.91 Å². The van der Waals surface area contributed by atoms with Crippen LogP contribution in [0.2, 0.25) is 5.02 Å². The Balaban J connectivity index is 1.21. The summed E-state index contributed by atoms with van der Waals surface area (Å²) in [4.78, 5) is 57.7. The van der Waals surface area contributed by atoms with E-state index >= 15 is 0 Å². The zero-order valence-corrected chi connectivity index (χ0v) is 26.0. The minimum atomic E-state index is -0.851. The Kier molecular flexibility index (Phi) is 7.60. The van der Waals surface area contributed by atoms with E-state index in [1.54, 1.807) is 42.5 Å². The normalized spacial score (nSPS) is 18.9. The van der Waals surface area contributed by atoms with Crippen LogP contribution in [0, 0.1) is 5.92 Å². The summed E-state index contributed by atoms with van der Waals surface area (Å²) in [5.41, 5.74) is 1.55. The standard InChI is InChI=1S/C33H24ClN3O6S2/c1-42-22-11-9-21(10-12-22)37-31(39)27-26(28-30(36-33(41)45-28)44-29(27)32(37)40)23-15-19(34)7-13-24(23)43-16-25(38)35-20-8-6-17-4-2-3-5-18(17)14-20/h2-15,26-27,29H,16H2,1H3,(H,35,38)(H,36,41)/t26-,27?,29?/m1/s1. The number of imide groups is 1. The molecule has 0 radical (unpaired) electrons. The molecular formula is C33H24ClN3O6S2. The molecule has 4 aromatic carbocycles. The number of hydrogen-bond acceptors (Lipinski definition) is 8. The van der Waals surface area contributed by atoms with Crippen molar-refractivity contribution in [1.29, 1.82) is 0 Å². The number of ether oxygens (including phenoxy) is 2. The highest BCUT2D eigenvalue weighted by Gasteiger charge is 2.56. The molecule has 226 valence electrons. The van der Waals surface area contributed by atoms with E-state index in [1.165, 1.54) is 23.8 Å². The molecule has 0 spiro atoms. The number of thioether (sulfide) groups is 1. The van der Waals surface area contributed by atoms with Crippen LogP contribution in [0.4, 0.5) is 11.4 Å². The Labute approximate surface area is 270 Å². The quantitative estimate of drug-likeness (QED) is 0.204. The molecule has 9 nitrogen and oxygen atoms in total. The number of carbonyl (C=O) groups is 3. The molecule has 2 unspecified atom stereocenters. The number of rotatable bonds is 7. The summed E-state index contributed by atoms with van der Waals surface area (Å²) in [6.07, 6.45) is 0. The minimum absolute atomic E-state index is 0.302. The topological polar surface area (TPSA) is 118 Å². The summed E-state index contributed by atoms with van der Waals surface area (Å²) in [5, 5.41) is 5.00. The molecule has 3 heterocycles. The van der Waals surface area contributed by atoms with Crippen LogP contribution in [0.25, 0.3) is 10.8 Å². The van der Waals surface area contributed by atoms with Gasteiger partial charge in [-0.15, -0.1) is 0 Å². The van der Waals surface area contributed by atoms with Crippen molar-refractivity contribution in [2.75, 3.05) is 23.9 Å². The second-order valence-corrected chi connectivity index (χ2v) is 13.1. The van der Waals surface area contributed by atoms with Crippen LogP contribution >= 0.6 is 34.7 Å². The first-order chi connectivity index (χ1) is 21.8. The number of aromatic amines is 1. The summed E-state index contributed by atoms with van der Waals surface area (Å²) >= 11 is 8.62. The van der Waals surface area contributed by atoms with Crippen molar-refractivity contribution in [3.63, 3.8) is 0 Å². The molecule has 0 aliphatic carbocycles. The highest BCUT2D eigenvalue weighted by Crippen LogP contribution is 2.54. The van der Waals surface area contributed by atoms with Crippen LogP contribution in [-0.2, 0) is 14.4 Å². The summed E-state index contributed by atoms with van der Waals surface area (Å²) in [7, 11) is 1.54. The highest BCUT2D eigenvalue weighted by molar-refractivity contribution is 8.00. The van der Waals surface area contributed by atoms with Gasteiger partial charge in [-0.1, -0.05) is 65.0 Å². The lowest BCUT2D eigenvalue weighted by Gasteiger charge is -2.31. The summed E-state index contributed by atoms with van der Waals surface area (Å²) in [5.74, 6) is -1.84. The Morgan fingerprint density at radius 3 is 2.51 bits per heavy atom. The maximum atomic E-state index is 14.1. The number of carbonyl (C=O) groups excluding carboxylic acids is 3. The molecule has 3 atom stereocenters. The van der Waals surface area contributed by atoms with Crippen molar-refractivity contribution in [3.05, 3.63) is 110 Å². The minimum Gasteiger partial charge on any atom is -0.497 e. The van der Waals surface area contributed by atoms with Gasteiger partial charge in [0.2, 0.25) is 11.8 Å². The maximum Gasteiger partial charge on any atom is 0.305 e. The van der Waals surface area contributed by atoms with Crippen LogP contribution < -0.4 is 24.6 Å². The zero-order chi connectivity index (χ0) is 31.2. The van der Waals surface area contributed by atoms with Gasteiger partial charge in [-0.05, 0) is 65.4 Å². The molecule has 2 N–H and O–H groups in total. The molecule has 2 aliphatic rings. The summed E-state index contributed by atoms with van der Waals surface area (Å²) < 4.78 is 11.3. The van der Waals surface area contributed by atoms with Gasteiger partial charge >= 0.3 is 4.87 Å². The maximum absolute atomic E-state index is 14.1. The molecule has 1 aromatic heterocycles. The number of aromatic nitrogens is 1. The van der Waals surface area contributed by atoms with Crippen LogP contribution in [0.15, 0.2) is 94.7 Å². The average molecular weight is 658 g/mol. The number of benzene rings is 4. The van der Waals surface area contributed by atoms with E-state index in [0.717, 1.165) is 22.1 Å².